The van der Waals surface area contributed by atoms with Crippen molar-refractivity contribution in [2.45, 2.75) is 76.4 Å². The summed E-state index contributed by atoms with van der Waals surface area (Å²) < 4.78 is 1.91. The third-order valence-electron chi connectivity index (χ3n) is 7.58. The maximum Gasteiger partial charge on any atom is 0.223 e. The van der Waals surface area contributed by atoms with Crippen LogP contribution in [0.5, 0.6) is 0 Å². The van der Waals surface area contributed by atoms with Gasteiger partial charge in [-0.15, -0.1) is 0 Å². The quantitative estimate of drug-likeness (QED) is 0.844. The summed E-state index contributed by atoms with van der Waals surface area (Å²) in [5.74, 6) is 0.587. The second-order valence-electron chi connectivity index (χ2n) is 9.23. The van der Waals surface area contributed by atoms with Crippen LogP contribution in [0, 0.1) is 12.8 Å². The highest BCUT2D eigenvalue weighted by Crippen LogP contribution is 2.38. The van der Waals surface area contributed by atoms with Crippen molar-refractivity contribution in [3.63, 3.8) is 0 Å². The lowest BCUT2D eigenvalue weighted by Crippen LogP contribution is -2.48. The molecule has 3 heterocycles. The zero-order chi connectivity index (χ0) is 19.7. The number of carbonyl (C=O) groups excluding carboxylic acids is 1. The number of amides is 1. The van der Waals surface area contributed by atoms with Crippen molar-refractivity contribution < 1.29 is 4.79 Å². The van der Waals surface area contributed by atoms with Gasteiger partial charge in [-0.1, -0.05) is 19.3 Å². The van der Waals surface area contributed by atoms with E-state index in [4.69, 9.17) is 0 Å². The summed E-state index contributed by atoms with van der Waals surface area (Å²) >= 11 is 0. The van der Waals surface area contributed by atoms with Gasteiger partial charge in [-0.3, -0.25) is 9.48 Å². The van der Waals surface area contributed by atoms with E-state index in [-0.39, 0.29) is 11.9 Å². The number of aryl methyl sites for hydroxylation is 1. The molecule has 6 nitrogen and oxygen atoms in total. The number of nitrogens with one attached hydrogen (secondary N) is 1. The molecule has 4 rings (SSSR count). The average molecular weight is 388 g/mol. The molecule has 6 heteroatoms. The normalized spacial score (nSPS) is 28.4. The van der Waals surface area contributed by atoms with E-state index in [1.807, 2.05) is 29.9 Å². The molecule has 1 N–H and O–H groups in total. The first kappa shape index (κ1) is 19.9. The van der Waals surface area contributed by atoms with Crippen molar-refractivity contribution in [1.29, 1.82) is 0 Å². The van der Waals surface area contributed by atoms with Gasteiger partial charge in [0, 0.05) is 56.3 Å². The summed E-state index contributed by atoms with van der Waals surface area (Å²) in [6, 6.07) is 1.58. The van der Waals surface area contributed by atoms with E-state index in [2.05, 4.69) is 22.2 Å². The lowest BCUT2D eigenvalue weighted by atomic mass is 9.91. The van der Waals surface area contributed by atoms with Gasteiger partial charge in [-0.05, 0) is 45.7 Å². The first-order valence-corrected chi connectivity index (χ1v) is 11.3. The Balaban J connectivity index is 1.31. The van der Waals surface area contributed by atoms with Crippen LogP contribution in [0.25, 0.3) is 0 Å². The van der Waals surface area contributed by atoms with Crippen LogP contribution >= 0.6 is 0 Å². The summed E-state index contributed by atoms with van der Waals surface area (Å²) in [6.45, 7) is 5.49. The summed E-state index contributed by atoms with van der Waals surface area (Å²) in [4.78, 5) is 17.1. The van der Waals surface area contributed by atoms with E-state index < -0.39 is 0 Å². The Bertz CT molecular complexity index is 672. The van der Waals surface area contributed by atoms with E-state index in [9.17, 15) is 4.79 Å². The van der Waals surface area contributed by atoms with Crippen molar-refractivity contribution in [3.05, 3.63) is 17.5 Å². The van der Waals surface area contributed by atoms with Gasteiger partial charge >= 0.3 is 0 Å². The fourth-order valence-electron chi connectivity index (χ4n) is 5.64. The number of likely N-dealkylation sites (tertiary alicyclic amines) is 2. The second-order valence-corrected chi connectivity index (χ2v) is 9.23. The SMILES string of the molecule is Cc1c([C@H]2[C@H](CNC3CCN(C4CCCCC4)CC3)CC(=O)N2C)cnn1C. The fourth-order valence-corrected chi connectivity index (χ4v) is 5.64. The van der Waals surface area contributed by atoms with Gasteiger partial charge in [-0.2, -0.15) is 5.10 Å². The van der Waals surface area contributed by atoms with Gasteiger partial charge in [0.25, 0.3) is 0 Å². The predicted octanol–water partition coefficient (Wildman–Crippen LogP) is 2.63. The summed E-state index contributed by atoms with van der Waals surface area (Å²) in [7, 11) is 3.92. The van der Waals surface area contributed by atoms with Gasteiger partial charge < -0.3 is 15.1 Å². The minimum atomic E-state index is 0.149. The zero-order valence-corrected chi connectivity index (χ0v) is 17.9. The second kappa shape index (κ2) is 8.54. The first-order chi connectivity index (χ1) is 13.5. The maximum atomic E-state index is 12.4. The first-order valence-electron chi connectivity index (χ1n) is 11.3. The molecule has 0 unspecified atom stereocenters. The molecular formula is C22H37N5O. The number of rotatable bonds is 5. The third-order valence-corrected chi connectivity index (χ3v) is 7.58. The molecule has 2 aliphatic heterocycles. The van der Waals surface area contributed by atoms with Gasteiger partial charge in [-0.25, -0.2) is 0 Å². The number of carbonyl (C=O) groups is 1. The standard InChI is InChI=1S/C22H37N5O/c1-16-20(15-24-26(16)3)22-17(13-21(28)25(22)2)14-23-18-9-11-27(12-10-18)19-7-5-4-6-8-19/h15,17-19,22-23H,4-14H2,1-3H3/t17-,22+/m0/s1. The van der Waals surface area contributed by atoms with Gasteiger partial charge in [0.05, 0.1) is 12.2 Å². The highest BCUT2D eigenvalue weighted by atomic mass is 16.2. The Labute approximate surface area is 169 Å². The molecule has 1 saturated carbocycles. The topological polar surface area (TPSA) is 53.4 Å². The molecule has 28 heavy (non-hydrogen) atoms. The molecule has 1 aromatic rings. The molecule has 3 aliphatic rings. The van der Waals surface area contributed by atoms with Crippen molar-refractivity contribution in [3.8, 4) is 0 Å². The molecule has 2 atom stereocenters. The zero-order valence-electron chi connectivity index (χ0n) is 17.9. The fraction of sp³-hybridized carbons (Fsp3) is 0.818. The van der Waals surface area contributed by atoms with E-state index in [1.165, 1.54) is 63.6 Å². The van der Waals surface area contributed by atoms with Crippen molar-refractivity contribution in [2.24, 2.45) is 13.0 Å². The van der Waals surface area contributed by atoms with Gasteiger partial charge in [0.1, 0.15) is 0 Å². The van der Waals surface area contributed by atoms with Gasteiger partial charge in [0.15, 0.2) is 0 Å². The van der Waals surface area contributed by atoms with Crippen LogP contribution < -0.4 is 5.32 Å². The summed E-state index contributed by atoms with van der Waals surface area (Å²) in [5.41, 5.74) is 2.37. The molecule has 1 aromatic heterocycles. The number of hydrogen-bond donors (Lipinski definition) is 1. The maximum absolute atomic E-state index is 12.4. The van der Waals surface area contributed by atoms with Crippen molar-refractivity contribution in [1.82, 2.24) is 24.9 Å². The van der Waals surface area contributed by atoms with E-state index in [0.717, 1.165) is 18.3 Å². The predicted molar refractivity (Wildman–Crippen MR) is 111 cm³/mol. The minimum absolute atomic E-state index is 0.149. The van der Waals surface area contributed by atoms with Crippen LogP contribution in [-0.2, 0) is 11.8 Å². The van der Waals surface area contributed by atoms with E-state index in [0.29, 0.717) is 18.4 Å². The van der Waals surface area contributed by atoms with Crippen LogP contribution in [0.3, 0.4) is 0 Å². The third kappa shape index (κ3) is 3.99. The minimum Gasteiger partial charge on any atom is -0.338 e. The Hall–Kier alpha value is -1.40. The molecule has 1 amide bonds. The van der Waals surface area contributed by atoms with Crippen LogP contribution in [-0.4, -0.2) is 64.3 Å². The molecule has 0 spiro atoms. The van der Waals surface area contributed by atoms with Crippen LogP contribution in [0.1, 0.15) is 68.7 Å². The van der Waals surface area contributed by atoms with Crippen LogP contribution in [0.4, 0.5) is 0 Å². The Kier molecular flexibility index (Phi) is 6.07. The molecule has 0 bridgehead atoms. The molecule has 0 radical (unpaired) electrons. The van der Waals surface area contributed by atoms with Crippen LogP contribution in [0.2, 0.25) is 0 Å². The lowest BCUT2D eigenvalue weighted by molar-refractivity contribution is -0.127. The molecule has 2 saturated heterocycles. The molecule has 1 aliphatic carbocycles. The smallest absolute Gasteiger partial charge is 0.223 e. The largest absolute Gasteiger partial charge is 0.338 e. The van der Waals surface area contributed by atoms with Gasteiger partial charge in [0.2, 0.25) is 5.91 Å². The summed E-state index contributed by atoms with van der Waals surface area (Å²) in [6.07, 6.45) is 12.1. The molecule has 3 fully saturated rings. The average Bonchev–Trinajstić information content (AvgIpc) is 3.19. The number of nitrogens with zero attached hydrogens (tertiary/aromatic N) is 4. The highest BCUT2D eigenvalue weighted by Gasteiger charge is 2.40. The Morgan fingerprint density at radius 2 is 1.82 bits per heavy atom. The molecular weight excluding hydrogens is 350 g/mol. The number of aromatic nitrogens is 2. The van der Waals surface area contributed by atoms with Crippen molar-refractivity contribution in [2.75, 3.05) is 26.7 Å². The number of piperidine rings is 1. The van der Waals surface area contributed by atoms with E-state index in [1.54, 1.807) is 0 Å². The Morgan fingerprint density at radius 3 is 2.46 bits per heavy atom. The van der Waals surface area contributed by atoms with E-state index >= 15 is 0 Å². The Morgan fingerprint density at radius 1 is 1.11 bits per heavy atom. The summed E-state index contributed by atoms with van der Waals surface area (Å²) in [5, 5.41) is 8.23. The molecule has 0 aromatic carbocycles. The van der Waals surface area contributed by atoms with Crippen LogP contribution in [0.15, 0.2) is 6.20 Å². The highest BCUT2D eigenvalue weighted by molar-refractivity contribution is 5.79. The molecule has 156 valence electrons. The monoisotopic (exact) mass is 387 g/mol. The van der Waals surface area contributed by atoms with Crippen molar-refractivity contribution >= 4 is 5.91 Å². The number of hydrogen-bond acceptors (Lipinski definition) is 4. The lowest BCUT2D eigenvalue weighted by Gasteiger charge is -2.40.